The zero-order valence-corrected chi connectivity index (χ0v) is 13.8. The van der Waals surface area contributed by atoms with Gasteiger partial charge in [-0.05, 0) is 61.9 Å². The lowest BCUT2D eigenvalue weighted by Gasteiger charge is -1.89. The van der Waals surface area contributed by atoms with E-state index >= 15 is 0 Å². The van der Waals surface area contributed by atoms with Crippen molar-refractivity contribution in [2.45, 2.75) is 57.8 Å². The van der Waals surface area contributed by atoms with Gasteiger partial charge in [0.15, 0.2) is 0 Å². The van der Waals surface area contributed by atoms with Gasteiger partial charge in [0.2, 0.25) is 0 Å². The summed E-state index contributed by atoms with van der Waals surface area (Å²) in [7, 11) is 0. The van der Waals surface area contributed by atoms with Crippen LogP contribution in [0.1, 0.15) is 57.8 Å². The van der Waals surface area contributed by atoms with Gasteiger partial charge < -0.3 is 5.11 Å². The van der Waals surface area contributed by atoms with Crippen LogP contribution in [0.15, 0.2) is 12.2 Å². The summed E-state index contributed by atoms with van der Waals surface area (Å²) in [5, 5.41) is 8.56. The van der Waals surface area contributed by atoms with E-state index in [1.165, 1.54) is 0 Å². The molecule has 0 spiro atoms. The lowest BCUT2D eigenvalue weighted by molar-refractivity contribution is 0.305. The van der Waals surface area contributed by atoms with E-state index in [1.54, 1.807) is 6.08 Å². The zero-order valence-electron chi connectivity index (χ0n) is 13.8. The van der Waals surface area contributed by atoms with E-state index in [-0.39, 0.29) is 6.61 Å². The number of unbranched alkanes of at least 4 members (excludes halogenated alkanes) is 6. The summed E-state index contributed by atoms with van der Waals surface area (Å²) in [6.45, 7) is 0.143. The first-order valence-electron chi connectivity index (χ1n) is 8.05. The third-order valence-electron chi connectivity index (χ3n) is 2.72. The van der Waals surface area contributed by atoms with Gasteiger partial charge in [-0.3, -0.25) is 0 Å². The Morgan fingerprint density at radius 2 is 1.26 bits per heavy atom. The molecule has 0 aliphatic rings. The number of hydrogen-bond acceptors (Lipinski definition) is 1. The molecule has 0 atom stereocenters. The Bertz CT molecular complexity index is 600. The van der Waals surface area contributed by atoms with Crippen LogP contribution in [0.4, 0.5) is 0 Å². The minimum absolute atomic E-state index is 0.143. The van der Waals surface area contributed by atoms with Crippen LogP contribution in [0.2, 0.25) is 0 Å². The molecule has 0 saturated heterocycles. The fourth-order valence-electron chi connectivity index (χ4n) is 1.56. The quantitative estimate of drug-likeness (QED) is 0.535. The summed E-state index contributed by atoms with van der Waals surface area (Å²) in [5.41, 5.74) is 0. The predicted octanol–water partition coefficient (Wildman–Crippen LogP) is 3.69. The average Bonchev–Trinajstić information content (AvgIpc) is 2.57. The van der Waals surface area contributed by atoms with E-state index in [1.807, 2.05) is 6.08 Å². The van der Waals surface area contributed by atoms with Crippen molar-refractivity contribution in [3.8, 4) is 59.7 Å². The minimum Gasteiger partial charge on any atom is -0.395 e. The highest BCUT2D eigenvalue weighted by Crippen LogP contribution is 1.99. The van der Waals surface area contributed by atoms with Crippen LogP contribution in [-0.2, 0) is 0 Å². The Morgan fingerprint density at radius 1 is 0.696 bits per heavy atom. The maximum atomic E-state index is 8.56. The molecule has 0 bridgehead atoms. The summed E-state index contributed by atoms with van der Waals surface area (Å²) >= 11 is 0. The molecule has 1 N–H and O–H groups in total. The van der Waals surface area contributed by atoms with E-state index in [0.29, 0.717) is 6.42 Å². The summed E-state index contributed by atoms with van der Waals surface area (Å²) in [6.07, 6.45) is 17.2. The molecule has 0 amide bonds. The van der Waals surface area contributed by atoms with Gasteiger partial charge in [0, 0.05) is 25.7 Å². The molecule has 0 aromatic carbocycles. The molecule has 0 aliphatic carbocycles. The molecule has 1 heteroatoms. The fraction of sp³-hybridized carbons (Fsp3) is 0.455. The number of aliphatic hydroxyl groups is 1. The smallest absolute Gasteiger partial charge is 0.0540 e. The molecule has 0 unspecified atom stereocenters. The van der Waals surface area contributed by atoms with Crippen LogP contribution in [0.3, 0.4) is 0 Å². The third-order valence-corrected chi connectivity index (χ3v) is 2.72. The number of terminal acetylenes is 1. The van der Waals surface area contributed by atoms with Gasteiger partial charge in [-0.25, -0.2) is 0 Å². The first-order chi connectivity index (χ1) is 11.4. The molecular formula is C22H24O. The van der Waals surface area contributed by atoms with Crippen molar-refractivity contribution in [1.82, 2.24) is 0 Å². The van der Waals surface area contributed by atoms with Crippen molar-refractivity contribution in [3.63, 3.8) is 0 Å². The Labute approximate surface area is 142 Å². The maximum Gasteiger partial charge on any atom is 0.0540 e. The van der Waals surface area contributed by atoms with E-state index in [4.69, 9.17) is 11.5 Å². The molecular weight excluding hydrogens is 280 g/mol. The first kappa shape index (κ1) is 20.5. The van der Waals surface area contributed by atoms with Gasteiger partial charge >= 0.3 is 0 Å². The number of rotatable bonds is 8. The third kappa shape index (κ3) is 19.5. The normalized spacial score (nSPS) is 8.35. The van der Waals surface area contributed by atoms with E-state index in [9.17, 15) is 0 Å². The zero-order chi connectivity index (χ0) is 16.8. The molecule has 23 heavy (non-hydrogen) atoms. The Morgan fingerprint density at radius 3 is 1.87 bits per heavy atom. The first-order valence-corrected chi connectivity index (χ1v) is 8.05. The fourth-order valence-corrected chi connectivity index (χ4v) is 1.56. The Balaban J connectivity index is 3.56. The molecule has 0 aliphatic heterocycles. The number of aliphatic hydroxyl groups excluding tert-OH is 1. The van der Waals surface area contributed by atoms with E-state index in [2.05, 4.69) is 53.3 Å². The highest BCUT2D eigenvalue weighted by molar-refractivity contribution is 5.35. The molecule has 0 aromatic heterocycles. The largest absolute Gasteiger partial charge is 0.395 e. The van der Waals surface area contributed by atoms with Crippen molar-refractivity contribution < 1.29 is 5.11 Å². The van der Waals surface area contributed by atoms with Gasteiger partial charge in [0.25, 0.3) is 0 Å². The molecule has 0 rings (SSSR count). The Kier molecular flexibility index (Phi) is 17.4. The summed E-state index contributed by atoms with van der Waals surface area (Å²) < 4.78 is 0. The van der Waals surface area contributed by atoms with Crippen LogP contribution in [0.5, 0.6) is 0 Å². The number of hydrogen-bond donors (Lipinski definition) is 1. The molecule has 0 radical (unpaired) electrons. The second-order valence-corrected chi connectivity index (χ2v) is 4.70. The highest BCUT2D eigenvalue weighted by Gasteiger charge is 1.83. The van der Waals surface area contributed by atoms with Crippen LogP contribution in [-0.4, -0.2) is 11.7 Å². The Hall–Kier alpha value is -2.50. The molecule has 1 nitrogen and oxygen atoms in total. The number of allylic oxidation sites excluding steroid dienone is 2. The van der Waals surface area contributed by atoms with Gasteiger partial charge in [-0.15, -0.1) is 18.3 Å². The lowest BCUT2D eigenvalue weighted by atomic mass is 10.2. The van der Waals surface area contributed by atoms with E-state index < -0.39 is 0 Å². The summed E-state index contributed by atoms with van der Waals surface area (Å²) in [6, 6.07) is 0. The van der Waals surface area contributed by atoms with Crippen molar-refractivity contribution in [1.29, 1.82) is 0 Å². The molecule has 0 saturated carbocycles. The van der Waals surface area contributed by atoms with Gasteiger partial charge in [0.1, 0.15) is 0 Å². The molecule has 118 valence electrons. The molecule has 0 aromatic rings. The van der Waals surface area contributed by atoms with E-state index in [0.717, 1.165) is 51.4 Å². The standard InChI is InChI=1S/C22H24O/c1-2-3-4-5-6-7-8-9-10-11-12-13-14-15-16-17-18-19-20-21-22-23/h1,3-4,23H,5-8,15-18,21-22H2. The van der Waals surface area contributed by atoms with Crippen LogP contribution < -0.4 is 0 Å². The van der Waals surface area contributed by atoms with Crippen molar-refractivity contribution >= 4 is 0 Å². The average molecular weight is 304 g/mol. The van der Waals surface area contributed by atoms with Gasteiger partial charge in [0.05, 0.1) is 6.61 Å². The van der Waals surface area contributed by atoms with Gasteiger partial charge in [-0.2, -0.15) is 0 Å². The predicted molar refractivity (Wildman–Crippen MR) is 97.7 cm³/mol. The molecule has 0 heterocycles. The minimum atomic E-state index is 0.143. The SMILES string of the molecule is C#CC=CCCCCC#CC#CC#CCCCCC#CCCO. The van der Waals surface area contributed by atoms with Crippen LogP contribution in [0, 0.1) is 59.7 Å². The highest BCUT2D eigenvalue weighted by atomic mass is 16.2. The van der Waals surface area contributed by atoms with Crippen LogP contribution in [0.25, 0.3) is 0 Å². The van der Waals surface area contributed by atoms with Crippen LogP contribution >= 0.6 is 0 Å². The topological polar surface area (TPSA) is 20.2 Å². The summed E-state index contributed by atoms with van der Waals surface area (Å²) in [4.78, 5) is 0. The summed E-state index contributed by atoms with van der Waals surface area (Å²) in [5.74, 6) is 25.6. The van der Waals surface area contributed by atoms with Crippen molar-refractivity contribution in [3.05, 3.63) is 12.2 Å². The van der Waals surface area contributed by atoms with Gasteiger partial charge in [-0.1, -0.05) is 23.8 Å². The van der Waals surface area contributed by atoms with Crippen molar-refractivity contribution in [2.75, 3.05) is 6.61 Å². The maximum absolute atomic E-state index is 8.56. The monoisotopic (exact) mass is 304 g/mol. The lowest BCUT2D eigenvalue weighted by Crippen LogP contribution is -1.77. The van der Waals surface area contributed by atoms with Crippen molar-refractivity contribution in [2.24, 2.45) is 0 Å². The second-order valence-electron chi connectivity index (χ2n) is 4.70. The molecule has 0 fully saturated rings. The second kappa shape index (κ2) is 19.5.